The highest BCUT2D eigenvalue weighted by atomic mass is 16.3. The quantitative estimate of drug-likeness (QED) is 0.719. The third kappa shape index (κ3) is 3.01. The fourth-order valence-electron chi connectivity index (χ4n) is 2.50. The molecule has 0 unspecified atom stereocenters. The number of rotatable bonds is 4. The fourth-order valence-corrected chi connectivity index (χ4v) is 2.50. The number of para-hydroxylation sites is 3. The molecule has 0 bridgehead atoms. The van der Waals surface area contributed by atoms with Gasteiger partial charge in [0.1, 0.15) is 11.4 Å². The number of aromatic nitrogens is 2. The summed E-state index contributed by atoms with van der Waals surface area (Å²) in [7, 11) is 0. The third-order valence-corrected chi connectivity index (χ3v) is 3.76. The molecule has 0 aliphatic heterocycles. The van der Waals surface area contributed by atoms with Gasteiger partial charge < -0.3 is 5.11 Å². The first kappa shape index (κ1) is 15.8. The van der Waals surface area contributed by atoms with Crippen molar-refractivity contribution in [2.45, 2.75) is 19.8 Å². The van der Waals surface area contributed by atoms with Crippen LogP contribution in [-0.4, -0.2) is 21.1 Å². The van der Waals surface area contributed by atoms with Crippen LogP contribution in [0.3, 0.4) is 0 Å². The van der Waals surface area contributed by atoms with E-state index < -0.39 is 0 Å². The van der Waals surface area contributed by atoms with Gasteiger partial charge in [-0.25, -0.2) is 4.68 Å². The summed E-state index contributed by atoms with van der Waals surface area (Å²) in [5, 5.41) is 13.0. The first-order chi connectivity index (χ1) is 11.6. The zero-order valence-electron chi connectivity index (χ0n) is 13.6. The average molecular weight is 321 g/mol. The molecule has 0 radical (unpaired) electrons. The van der Waals surface area contributed by atoms with Gasteiger partial charge in [-0.3, -0.25) is 14.9 Å². The molecule has 122 valence electrons. The van der Waals surface area contributed by atoms with Crippen LogP contribution in [0.4, 0.5) is 5.69 Å². The maximum Gasteiger partial charge on any atom is 0.280 e. The Morgan fingerprint density at radius 1 is 1.08 bits per heavy atom. The molecule has 2 N–H and O–H groups in total. The molecular weight excluding hydrogens is 302 g/mol. The van der Waals surface area contributed by atoms with Crippen molar-refractivity contribution in [3.63, 3.8) is 0 Å². The van der Waals surface area contributed by atoms with Crippen molar-refractivity contribution in [2.24, 2.45) is 4.99 Å². The maximum atomic E-state index is 12.8. The maximum absolute atomic E-state index is 12.8. The van der Waals surface area contributed by atoms with Crippen LogP contribution in [0.25, 0.3) is 5.69 Å². The summed E-state index contributed by atoms with van der Waals surface area (Å²) in [6.45, 7) is 4.02. The van der Waals surface area contributed by atoms with Crippen molar-refractivity contribution < 1.29 is 5.11 Å². The SMILES string of the molecule is CC(C)c1[nH]n(-c2ccccc2)c(=O)c1C=Nc1ccccc1O. The van der Waals surface area contributed by atoms with E-state index in [9.17, 15) is 9.90 Å². The van der Waals surface area contributed by atoms with Crippen LogP contribution in [0, 0.1) is 0 Å². The monoisotopic (exact) mass is 321 g/mol. The zero-order valence-corrected chi connectivity index (χ0v) is 13.6. The number of aromatic hydroxyl groups is 1. The highest BCUT2D eigenvalue weighted by molar-refractivity contribution is 5.84. The number of hydrogen-bond donors (Lipinski definition) is 2. The molecule has 5 nitrogen and oxygen atoms in total. The van der Waals surface area contributed by atoms with Crippen LogP contribution in [0.5, 0.6) is 5.75 Å². The van der Waals surface area contributed by atoms with Crippen molar-refractivity contribution in [3.05, 3.63) is 76.2 Å². The molecule has 1 heterocycles. The van der Waals surface area contributed by atoms with E-state index in [2.05, 4.69) is 10.1 Å². The van der Waals surface area contributed by atoms with E-state index in [4.69, 9.17) is 0 Å². The lowest BCUT2D eigenvalue weighted by Gasteiger charge is -2.03. The predicted octanol–water partition coefficient (Wildman–Crippen LogP) is 3.75. The van der Waals surface area contributed by atoms with Crippen LogP contribution in [-0.2, 0) is 0 Å². The highest BCUT2D eigenvalue weighted by Gasteiger charge is 2.16. The lowest BCUT2D eigenvalue weighted by atomic mass is 10.1. The van der Waals surface area contributed by atoms with Gasteiger partial charge in [-0.15, -0.1) is 0 Å². The van der Waals surface area contributed by atoms with E-state index in [-0.39, 0.29) is 17.2 Å². The van der Waals surface area contributed by atoms with E-state index in [0.29, 0.717) is 11.3 Å². The van der Waals surface area contributed by atoms with Crippen molar-refractivity contribution >= 4 is 11.9 Å². The Labute approximate surface area is 139 Å². The summed E-state index contributed by atoms with van der Waals surface area (Å²) in [6, 6.07) is 16.2. The summed E-state index contributed by atoms with van der Waals surface area (Å²) < 4.78 is 1.52. The molecule has 0 spiro atoms. The molecule has 0 aliphatic rings. The summed E-state index contributed by atoms with van der Waals surface area (Å²) in [6.07, 6.45) is 1.52. The van der Waals surface area contributed by atoms with E-state index in [0.717, 1.165) is 11.4 Å². The van der Waals surface area contributed by atoms with Crippen molar-refractivity contribution in [1.29, 1.82) is 0 Å². The number of nitrogens with zero attached hydrogens (tertiary/aromatic N) is 2. The minimum Gasteiger partial charge on any atom is -0.506 e. The Hall–Kier alpha value is -3.08. The van der Waals surface area contributed by atoms with Gasteiger partial charge in [-0.05, 0) is 30.2 Å². The number of phenolic OH excluding ortho intramolecular Hbond substituents is 1. The highest BCUT2D eigenvalue weighted by Crippen LogP contribution is 2.25. The molecule has 0 saturated carbocycles. The van der Waals surface area contributed by atoms with E-state index in [1.165, 1.54) is 10.9 Å². The lowest BCUT2D eigenvalue weighted by Crippen LogP contribution is -2.17. The Morgan fingerprint density at radius 2 is 1.75 bits per heavy atom. The molecular formula is C19H19N3O2. The van der Waals surface area contributed by atoms with E-state index >= 15 is 0 Å². The molecule has 0 amide bonds. The Kier molecular flexibility index (Phi) is 4.33. The molecule has 3 rings (SSSR count). The Morgan fingerprint density at radius 3 is 2.42 bits per heavy atom. The van der Waals surface area contributed by atoms with E-state index in [1.54, 1.807) is 24.3 Å². The largest absolute Gasteiger partial charge is 0.506 e. The first-order valence-corrected chi connectivity index (χ1v) is 7.80. The summed E-state index contributed by atoms with van der Waals surface area (Å²) in [5.41, 5.74) is 2.34. The minimum atomic E-state index is -0.163. The molecule has 0 atom stereocenters. The molecule has 1 aromatic heterocycles. The molecule has 0 aliphatic carbocycles. The third-order valence-electron chi connectivity index (χ3n) is 3.76. The van der Waals surface area contributed by atoms with Crippen molar-refractivity contribution in [3.8, 4) is 11.4 Å². The van der Waals surface area contributed by atoms with Crippen LogP contribution >= 0.6 is 0 Å². The number of nitrogens with one attached hydrogen (secondary N) is 1. The second kappa shape index (κ2) is 6.58. The van der Waals surface area contributed by atoms with Crippen LogP contribution < -0.4 is 5.56 Å². The van der Waals surface area contributed by atoms with Gasteiger partial charge in [0, 0.05) is 11.9 Å². The number of aromatic amines is 1. The van der Waals surface area contributed by atoms with Gasteiger partial charge in [0.25, 0.3) is 5.56 Å². The van der Waals surface area contributed by atoms with Gasteiger partial charge in [0.05, 0.1) is 11.3 Å². The van der Waals surface area contributed by atoms with Gasteiger partial charge in [0.15, 0.2) is 0 Å². The summed E-state index contributed by atoms with van der Waals surface area (Å²) >= 11 is 0. The molecule has 24 heavy (non-hydrogen) atoms. The van der Waals surface area contributed by atoms with Crippen molar-refractivity contribution in [1.82, 2.24) is 9.78 Å². The van der Waals surface area contributed by atoms with Crippen LogP contribution in [0.15, 0.2) is 64.4 Å². The van der Waals surface area contributed by atoms with Gasteiger partial charge in [-0.2, -0.15) is 0 Å². The molecule has 0 saturated heterocycles. The van der Waals surface area contributed by atoms with Gasteiger partial charge in [-0.1, -0.05) is 44.2 Å². The smallest absolute Gasteiger partial charge is 0.280 e. The van der Waals surface area contributed by atoms with Gasteiger partial charge >= 0.3 is 0 Å². The summed E-state index contributed by atoms with van der Waals surface area (Å²) in [4.78, 5) is 17.1. The number of H-pyrrole nitrogens is 1. The normalized spacial score (nSPS) is 11.5. The van der Waals surface area contributed by atoms with Gasteiger partial charge in [0.2, 0.25) is 0 Å². The minimum absolute atomic E-state index is 0.0822. The number of benzene rings is 2. The lowest BCUT2D eigenvalue weighted by molar-refractivity contribution is 0.477. The number of aliphatic imine (C=N–C) groups is 1. The second-order valence-corrected chi connectivity index (χ2v) is 5.82. The fraction of sp³-hybridized carbons (Fsp3) is 0.158. The average Bonchev–Trinajstić information content (AvgIpc) is 2.92. The zero-order chi connectivity index (χ0) is 17.1. The van der Waals surface area contributed by atoms with Crippen molar-refractivity contribution in [2.75, 3.05) is 0 Å². The Balaban J connectivity index is 2.09. The topological polar surface area (TPSA) is 70.4 Å². The first-order valence-electron chi connectivity index (χ1n) is 7.80. The second-order valence-electron chi connectivity index (χ2n) is 5.82. The molecule has 2 aromatic carbocycles. The molecule has 0 fully saturated rings. The molecule has 5 heteroatoms. The summed E-state index contributed by atoms with van der Waals surface area (Å²) in [5.74, 6) is 0.215. The standard InChI is InChI=1S/C19H19N3O2/c1-13(2)18-15(12-20-16-10-6-7-11-17(16)23)19(24)22(21-18)14-8-4-3-5-9-14/h3-13,21,23H,1-2H3. The predicted molar refractivity (Wildman–Crippen MR) is 95.8 cm³/mol. The van der Waals surface area contributed by atoms with E-state index in [1.807, 2.05) is 44.2 Å². The van der Waals surface area contributed by atoms with Crippen LogP contribution in [0.2, 0.25) is 0 Å². The van der Waals surface area contributed by atoms with Crippen LogP contribution in [0.1, 0.15) is 31.0 Å². The molecule has 3 aromatic rings. The Bertz CT molecular complexity index is 921. The number of hydrogen-bond acceptors (Lipinski definition) is 3. The number of phenols is 1.